The van der Waals surface area contributed by atoms with E-state index in [0.717, 1.165) is 11.1 Å². The normalized spacial score (nSPS) is 17.1. The van der Waals surface area contributed by atoms with Gasteiger partial charge in [-0.1, -0.05) is 41.0 Å². The zero-order chi connectivity index (χ0) is 18.8. The number of carbonyl (C=O) groups is 1. The van der Waals surface area contributed by atoms with Crippen LogP contribution in [0.5, 0.6) is 0 Å². The number of halogens is 2. The Labute approximate surface area is 160 Å². The lowest BCUT2D eigenvalue weighted by Crippen LogP contribution is -2.42. The predicted octanol–water partition coefficient (Wildman–Crippen LogP) is 4.35. The molecule has 0 bridgehead atoms. The summed E-state index contributed by atoms with van der Waals surface area (Å²) in [5.41, 5.74) is 1.80. The van der Waals surface area contributed by atoms with Crippen molar-refractivity contribution in [2.45, 2.75) is 6.10 Å². The molecule has 4 rings (SSSR count). The first-order valence-corrected chi connectivity index (χ1v) is 8.87. The standard InChI is InChI=1S/C20H16ClFN2O3/c21-15-3-1-2-14(10-15)18-11-17(23-27-18)20(25)24-8-9-26-19(12-24)13-4-6-16(22)7-5-13/h1-7,10-11,19H,8-9,12H2/t19-/m0/s1. The Morgan fingerprint density at radius 2 is 2.00 bits per heavy atom. The van der Waals surface area contributed by atoms with E-state index in [0.29, 0.717) is 30.5 Å². The fourth-order valence-electron chi connectivity index (χ4n) is 3.03. The molecule has 1 atom stereocenters. The number of nitrogens with zero attached hydrogens (tertiary/aromatic N) is 2. The molecule has 27 heavy (non-hydrogen) atoms. The van der Waals surface area contributed by atoms with Crippen molar-refractivity contribution < 1.29 is 18.4 Å². The van der Waals surface area contributed by atoms with Gasteiger partial charge in [-0.2, -0.15) is 0 Å². The van der Waals surface area contributed by atoms with Gasteiger partial charge in [0.05, 0.1) is 13.2 Å². The molecule has 0 saturated carbocycles. The molecule has 1 aliphatic heterocycles. The maximum atomic E-state index is 13.1. The van der Waals surface area contributed by atoms with Gasteiger partial charge in [-0.15, -0.1) is 0 Å². The summed E-state index contributed by atoms with van der Waals surface area (Å²) in [6.07, 6.45) is -0.303. The summed E-state index contributed by atoms with van der Waals surface area (Å²) in [4.78, 5) is 14.5. The van der Waals surface area contributed by atoms with Gasteiger partial charge in [0.2, 0.25) is 0 Å². The SMILES string of the molecule is O=C(c1cc(-c2cccc(Cl)c2)on1)N1CCO[C@H](c2ccc(F)cc2)C1. The van der Waals surface area contributed by atoms with E-state index in [-0.39, 0.29) is 23.5 Å². The quantitative estimate of drug-likeness (QED) is 0.671. The van der Waals surface area contributed by atoms with E-state index in [1.54, 1.807) is 41.3 Å². The summed E-state index contributed by atoms with van der Waals surface area (Å²) in [5, 5.41) is 4.48. The molecule has 0 N–H and O–H groups in total. The van der Waals surface area contributed by atoms with Crippen LogP contribution in [0.15, 0.2) is 59.1 Å². The zero-order valence-electron chi connectivity index (χ0n) is 14.3. The number of ether oxygens (including phenoxy) is 1. The molecule has 1 aliphatic rings. The molecule has 3 aromatic rings. The highest BCUT2D eigenvalue weighted by Crippen LogP contribution is 2.26. The molecule has 1 fully saturated rings. The number of rotatable bonds is 3. The van der Waals surface area contributed by atoms with Crippen LogP contribution in [-0.4, -0.2) is 35.7 Å². The monoisotopic (exact) mass is 386 g/mol. The molecule has 0 spiro atoms. The van der Waals surface area contributed by atoms with Crippen molar-refractivity contribution >= 4 is 17.5 Å². The zero-order valence-corrected chi connectivity index (χ0v) is 15.0. The number of morpholine rings is 1. The molecule has 0 unspecified atom stereocenters. The van der Waals surface area contributed by atoms with Gasteiger partial charge in [-0.25, -0.2) is 4.39 Å². The smallest absolute Gasteiger partial charge is 0.276 e. The molecule has 7 heteroatoms. The van der Waals surface area contributed by atoms with Crippen molar-refractivity contribution in [1.29, 1.82) is 0 Å². The fraction of sp³-hybridized carbons (Fsp3) is 0.200. The Kier molecular flexibility index (Phi) is 4.92. The molecule has 2 heterocycles. The van der Waals surface area contributed by atoms with Crippen LogP contribution >= 0.6 is 11.6 Å². The molecular weight excluding hydrogens is 371 g/mol. The van der Waals surface area contributed by atoms with Crippen LogP contribution in [0.1, 0.15) is 22.2 Å². The average molecular weight is 387 g/mol. The third kappa shape index (κ3) is 3.86. The maximum Gasteiger partial charge on any atom is 0.276 e. The van der Waals surface area contributed by atoms with E-state index in [9.17, 15) is 9.18 Å². The second kappa shape index (κ2) is 7.50. The number of hydrogen-bond acceptors (Lipinski definition) is 4. The van der Waals surface area contributed by atoms with Crippen molar-refractivity contribution in [3.05, 3.63) is 76.7 Å². The summed E-state index contributed by atoms with van der Waals surface area (Å²) >= 11 is 6.00. The molecule has 5 nitrogen and oxygen atoms in total. The molecule has 138 valence electrons. The fourth-order valence-corrected chi connectivity index (χ4v) is 3.22. The van der Waals surface area contributed by atoms with Crippen LogP contribution in [0, 0.1) is 5.82 Å². The summed E-state index contributed by atoms with van der Waals surface area (Å²) in [6.45, 7) is 1.21. The van der Waals surface area contributed by atoms with E-state index in [2.05, 4.69) is 5.16 Å². The molecular formula is C20H16ClFN2O3. The average Bonchev–Trinajstić information content (AvgIpc) is 3.18. The molecule has 1 aromatic heterocycles. The first-order valence-electron chi connectivity index (χ1n) is 8.49. The second-order valence-corrected chi connectivity index (χ2v) is 6.69. The van der Waals surface area contributed by atoms with Crippen molar-refractivity contribution in [3.8, 4) is 11.3 Å². The molecule has 0 radical (unpaired) electrons. The minimum Gasteiger partial charge on any atom is -0.370 e. The summed E-state index contributed by atoms with van der Waals surface area (Å²) in [5.74, 6) is -0.0646. The lowest BCUT2D eigenvalue weighted by Gasteiger charge is -2.32. The van der Waals surface area contributed by atoms with Gasteiger partial charge in [0.25, 0.3) is 5.91 Å². The van der Waals surface area contributed by atoms with Crippen LogP contribution in [0.4, 0.5) is 4.39 Å². The lowest BCUT2D eigenvalue weighted by molar-refractivity contribution is -0.0231. The van der Waals surface area contributed by atoms with Crippen molar-refractivity contribution in [3.63, 3.8) is 0 Å². The summed E-state index contributed by atoms with van der Waals surface area (Å²) in [7, 11) is 0. The van der Waals surface area contributed by atoms with E-state index < -0.39 is 0 Å². The first kappa shape index (κ1) is 17.7. The molecule has 1 amide bonds. The van der Waals surface area contributed by atoms with Gasteiger partial charge in [0.1, 0.15) is 11.9 Å². The molecule has 1 saturated heterocycles. The summed E-state index contributed by atoms with van der Waals surface area (Å²) in [6, 6.07) is 14.9. The van der Waals surface area contributed by atoms with Crippen LogP contribution in [-0.2, 0) is 4.74 Å². The molecule has 2 aromatic carbocycles. The van der Waals surface area contributed by atoms with E-state index in [1.165, 1.54) is 12.1 Å². The second-order valence-electron chi connectivity index (χ2n) is 6.25. The van der Waals surface area contributed by atoms with E-state index in [1.807, 2.05) is 6.07 Å². The van der Waals surface area contributed by atoms with Crippen LogP contribution in [0.3, 0.4) is 0 Å². The van der Waals surface area contributed by atoms with E-state index >= 15 is 0 Å². The first-order chi connectivity index (χ1) is 13.1. The van der Waals surface area contributed by atoms with Crippen LogP contribution in [0.25, 0.3) is 11.3 Å². The van der Waals surface area contributed by atoms with Crippen LogP contribution < -0.4 is 0 Å². The minimum absolute atomic E-state index is 0.227. The number of amides is 1. The van der Waals surface area contributed by atoms with Gasteiger partial charge >= 0.3 is 0 Å². The van der Waals surface area contributed by atoms with Gasteiger partial charge in [0.15, 0.2) is 11.5 Å². The van der Waals surface area contributed by atoms with E-state index in [4.69, 9.17) is 20.9 Å². The maximum absolute atomic E-state index is 13.1. The number of carbonyl (C=O) groups excluding carboxylic acids is 1. The van der Waals surface area contributed by atoms with Gasteiger partial charge in [0, 0.05) is 23.2 Å². The number of hydrogen-bond donors (Lipinski definition) is 0. The third-order valence-corrected chi connectivity index (χ3v) is 4.67. The Morgan fingerprint density at radius 3 is 2.78 bits per heavy atom. The summed E-state index contributed by atoms with van der Waals surface area (Å²) < 4.78 is 24.2. The van der Waals surface area contributed by atoms with Crippen LogP contribution in [0.2, 0.25) is 5.02 Å². The van der Waals surface area contributed by atoms with Crippen molar-refractivity contribution in [1.82, 2.24) is 10.1 Å². The van der Waals surface area contributed by atoms with Crippen molar-refractivity contribution in [2.75, 3.05) is 19.7 Å². The Bertz CT molecular complexity index is 958. The number of benzene rings is 2. The lowest BCUT2D eigenvalue weighted by atomic mass is 10.1. The highest BCUT2D eigenvalue weighted by molar-refractivity contribution is 6.30. The third-order valence-electron chi connectivity index (χ3n) is 4.43. The highest BCUT2D eigenvalue weighted by Gasteiger charge is 2.28. The largest absolute Gasteiger partial charge is 0.370 e. The van der Waals surface area contributed by atoms with Gasteiger partial charge in [-0.05, 0) is 29.8 Å². The number of aromatic nitrogens is 1. The Balaban J connectivity index is 1.50. The Morgan fingerprint density at radius 1 is 1.19 bits per heavy atom. The Hall–Kier alpha value is -2.70. The van der Waals surface area contributed by atoms with Gasteiger partial charge in [-0.3, -0.25) is 4.79 Å². The highest BCUT2D eigenvalue weighted by atomic mass is 35.5. The van der Waals surface area contributed by atoms with Gasteiger partial charge < -0.3 is 14.2 Å². The van der Waals surface area contributed by atoms with Crippen molar-refractivity contribution in [2.24, 2.45) is 0 Å². The molecule has 0 aliphatic carbocycles. The topological polar surface area (TPSA) is 55.6 Å². The predicted molar refractivity (Wildman–Crippen MR) is 97.9 cm³/mol. The minimum atomic E-state index is -0.307.